The third-order valence-electron chi connectivity index (χ3n) is 14.3. The van der Waals surface area contributed by atoms with Crippen LogP contribution >= 0.6 is 0 Å². The van der Waals surface area contributed by atoms with Gasteiger partial charge in [-0.05, 0) is 58.4 Å². The van der Waals surface area contributed by atoms with Crippen LogP contribution in [0.3, 0.4) is 0 Å². The van der Waals surface area contributed by atoms with E-state index in [0.29, 0.717) is 19.4 Å². The van der Waals surface area contributed by atoms with Crippen LogP contribution in [0.25, 0.3) is 0 Å². The molecule has 0 bridgehead atoms. The standard InChI is InChI=1S/C62H109NO11/c1-7-10-13-16-19-22-23-26-29-32-38-43-56(66)71-52(42-37-31-28-25-21-18-15-12-9-3)47-58(68)73-61-59(53(72-54(48-64)60(61)69)44-45-57(67)74-62(4,5)6)63-55(65)46-51(70-49-50-39-34-33-35-40-50)41-36-30-27-24-20-17-14-11-8-2/h33-35,39-40,51-54,59-61,64,69H,7-32,36-38,41-49H2,1-6H3,(H,63,65)/t51-,52-,53-,54-,59+,60-,61-/m1/s1. The van der Waals surface area contributed by atoms with Gasteiger partial charge in [0, 0.05) is 12.8 Å². The van der Waals surface area contributed by atoms with Crippen molar-refractivity contribution in [3.63, 3.8) is 0 Å². The fraction of sp³-hybridized carbons (Fsp3) is 0.839. The zero-order chi connectivity index (χ0) is 54.1. The summed E-state index contributed by atoms with van der Waals surface area (Å²) in [5, 5.41) is 25.2. The highest BCUT2D eigenvalue weighted by molar-refractivity contribution is 5.77. The maximum absolute atomic E-state index is 14.3. The van der Waals surface area contributed by atoms with Crippen molar-refractivity contribution in [2.45, 2.75) is 328 Å². The van der Waals surface area contributed by atoms with Gasteiger partial charge in [0.15, 0.2) is 6.10 Å². The molecular weight excluding hydrogens is 935 g/mol. The zero-order valence-corrected chi connectivity index (χ0v) is 47.9. The Hall–Kier alpha value is -3.06. The number of hydrogen-bond donors (Lipinski definition) is 3. The van der Waals surface area contributed by atoms with E-state index in [4.69, 9.17) is 23.7 Å². The van der Waals surface area contributed by atoms with Gasteiger partial charge in [-0.1, -0.05) is 224 Å². The molecule has 1 fully saturated rings. The summed E-state index contributed by atoms with van der Waals surface area (Å²) < 4.78 is 30.4. The van der Waals surface area contributed by atoms with Gasteiger partial charge in [0.25, 0.3) is 0 Å². The fourth-order valence-electron chi connectivity index (χ4n) is 10.0. The highest BCUT2D eigenvalue weighted by Gasteiger charge is 2.48. The highest BCUT2D eigenvalue weighted by atomic mass is 16.6. The van der Waals surface area contributed by atoms with Crippen LogP contribution in [0.2, 0.25) is 0 Å². The molecule has 3 N–H and O–H groups in total. The third-order valence-corrected chi connectivity index (χ3v) is 14.3. The Kier molecular flexibility index (Phi) is 38.9. The second-order valence-corrected chi connectivity index (χ2v) is 22.5. The Balaban J connectivity index is 2.25. The van der Waals surface area contributed by atoms with Crippen LogP contribution in [-0.2, 0) is 49.5 Å². The summed E-state index contributed by atoms with van der Waals surface area (Å²) in [5.41, 5.74) is 0.263. The van der Waals surface area contributed by atoms with Crippen LogP contribution in [0, 0.1) is 0 Å². The Morgan fingerprint density at radius 2 is 1.05 bits per heavy atom. The van der Waals surface area contributed by atoms with E-state index in [9.17, 15) is 29.4 Å². The van der Waals surface area contributed by atoms with Crippen molar-refractivity contribution in [2.75, 3.05) is 6.61 Å². The summed E-state index contributed by atoms with van der Waals surface area (Å²) in [6.07, 6.45) is 28.6. The molecule has 7 atom stereocenters. The molecule has 1 aromatic carbocycles. The van der Waals surface area contributed by atoms with Crippen LogP contribution in [0.5, 0.6) is 0 Å². The number of benzene rings is 1. The van der Waals surface area contributed by atoms with Crippen molar-refractivity contribution in [3.05, 3.63) is 35.9 Å². The lowest BCUT2D eigenvalue weighted by molar-refractivity contribution is -0.213. The second kappa shape index (κ2) is 43.0. The molecule has 12 nitrogen and oxygen atoms in total. The summed E-state index contributed by atoms with van der Waals surface area (Å²) in [4.78, 5) is 54.8. The minimum absolute atomic E-state index is 0.00914. The normalized spacial score (nSPS) is 18.7. The number of nitrogens with one attached hydrogen (secondary N) is 1. The maximum atomic E-state index is 14.3. The number of unbranched alkanes of at least 4 members (excludes halogenated alkanes) is 26. The molecule has 0 aromatic heterocycles. The molecule has 74 heavy (non-hydrogen) atoms. The van der Waals surface area contributed by atoms with Gasteiger partial charge in [-0.3, -0.25) is 19.2 Å². The van der Waals surface area contributed by atoms with E-state index in [0.717, 1.165) is 76.2 Å². The number of rotatable bonds is 46. The van der Waals surface area contributed by atoms with Gasteiger partial charge >= 0.3 is 17.9 Å². The molecule has 1 aliphatic rings. The molecule has 428 valence electrons. The number of amides is 1. The Morgan fingerprint density at radius 1 is 0.581 bits per heavy atom. The number of esters is 3. The van der Waals surface area contributed by atoms with E-state index in [1.54, 1.807) is 20.8 Å². The molecule has 0 radical (unpaired) electrons. The van der Waals surface area contributed by atoms with Crippen LogP contribution < -0.4 is 5.32 Å². The molecule has 0 saturated carbocycles. The van der Waals surface area contributed by atoms with Gasteiger partial charge in [0.2, 0.25) is 5.91 Å². The first-order chi connectivity index (χ1) is 35.8. The van der Waals surface area contributed by atoms with Crippen molar-refractivity contribution in [2.24, 2.45) is 0 Å². The molecule has 12 heteroatoms. The minimum Gasteiger partial charge on any atom is -0.462 e. The topological polar surface area (TPSA) is 167 Å². The number of hydrogen-bond acceptors (Lipinski definition) is 11. The lowest BCUT2D eigenvalue weighted by Gasteiger charge is -2.44. The molecule has 1 heterocycles. The summed E-state index contributed by atoms with van der Waals surface area (Å²) in [7, 11) is 0. The third kappa shape index (κ3) is 33.9. The van der Waals surface area contributed by atoms with Crippen molar-refractivity contribution >= 4 is 23.8 Å². The smallest absolute Gasteiger partial charge is 0.310 e. The Morgan fingerprint density at radius 3 is 1.54 bits per heavy atom. The summed E-state index contributed by atoms with van der Waals surface area (Å²) in [5.74, 6) is -1.89. The van der Waals surface area contributed by atoms with Crippen molar-refractivity contribution < 1.29 is 53.1 Å². The van der Waals surface area contributed by atoms with E-state index in [1.807, 2.05) is 30.3 Å². The lowest BCUT2D eigenvalue weighted by Crippen LogP contribution is -2.65. The number of carbonyl (C=O) groups excluding carboxylic acids is 4. The van der Waals surface area contributed by atoms with Gasteiger partial charge in [0.05, 0.1) is 44.3 Å². The highest BCUT2D eigenvalue weighted by Crippen LogP contribution is 2.29. The van der Waals surface area contributed by atoms with Crippen LogP contribution in [0.15, 0.2) is 30.3 Å². The molecule has 0 aliphatic carbocycles. The van der Waals surface area contributed by atoms with Gasteiger partial charge in [-0.2, -0.15) is 0 Å². The monoisotopic (exact) mass is 1040 g/mol. The molecule has 1 aliphatic heterocycles. The average Bonchev–Trinajstić information content (AvgIpc) is 3.36. The predicted octanol–water partition coefficient (Wildman–Crippen LogP) is 14.4. The second-order valence-electron chi connectivity index (χ2n) is 22.5. The molecule has 1 aromatic rings. The molecule has 1 amide bonds. The number of carbonyl (C=O) groups is 4. The Bertz CT molecular complexity index is 1550. The van der Waals surface area contributed by atoms with E-state index < -0.39 is 66.8 Å². The summed E-state index contributed by atoms with van der Waals surface area (Å²) in [6, 6.07) is 8.75. The fourth-order valence-corrected chi connectivity index (χ4v) is 10.0. The van der Waals surface area contributed by atoms with E-state index in [-0.39, 0.29) is 44.0 Å². The van der Waals surface area contributed by atoms with Crippen molar-refractivity contribution in [1.82, 2.24) is 5.32 Å². The van der Waals surface area contributed by atoms with Crippen LogP contribution in [0.1, 0.15) is 278 Å². The largest absolute Gasteiger partial charge is 0.462 e. The number of aliphatic hydroxyl groups excluding tert-OH is 2. The van der Waals surface area contributed by atoms with Crippen LogP contribution in [-0.4, -0.2) is 88.9 Å². The van der Waals surface area contributed by atoms with Crippen LogP contribution in [0.4, 0.5) is 0 Å². The molecule has 1 saturated heterocycles. The first kappa shape index (κ1) is 67.1. The van der Waals surface area contributed by atoms with Gasteiger partial charge in [-0.25, -0.2) is 0 Å². The lowest BCUT2D eigenvalue weighted by atomic mass is 9.89. The first-order valence-corrected chi connectivity index (χ1v) is 30.3. The van der Waals surface area contributed by atoms with Gasteiger partial charge < -0.3 is 39.2 Å². The Labute approximate surface area is 450 Å². The molecule has 2 rings (SSSR count). The number of aliphatic hydroxyl groups is 2. The van der Waals surface area contributed by atoms with Crippen molar-refractivity contribution in [3.8, 4) is 0 Å². The summed E-state index contributed by atoms with van der Waals surface area (Å²) in [6.45, 7) is 11.8. The van der Waals surface area contributed by atoms with E-state index in [2.05, 4.69) is 26.1 Å². The molecular formula is C62H109NO11. The van der Waals surface area contributed by atoms with Crippen molar-refractivity contribution in [1.29, 1.82) is 0 Å². The predicted molar refractivity (Wildman–Crippen MR) is 298 cm³/mol. The van der Waals surface area contributed by atoms with Gasteiger partial charge in [0.1, 0.15) is 23.9 Å². The number of ether oxygens (including phenoxy) is 5. The van der Waals surface area contributed by atoms with E-state index in [1.165, 1.54) is 116 Å². The van der Waals surface area contributed by atoms with E-state index >= 15 is 0 Å². The maximum Gasteiger partial charge on any atom is 0.310 e. The quantitative estimate of drug-likeness (QED) is 0.0323. The molecule has 0 unspecified atom stereocenters. The van der Waals surface area contributed by atoms with Gasteiger partial charge in [-0.15, -0.1) is 0 Å². The SMILES string of the molecule is CCCCCCCCCCCCCC(=O)O[C@H](CCCCCCCCCCC)CC(=O)O[C@H]1[C@H](O)[C@@H](CO)O[C@H](CCC(=O)OC(C)(C)C)[C@@H]1NC(=O)C[C@@H](CCCCCCCCCCC)OCc1ccccc1. The summed E-state index contributed by atoms with van der Waals surface area (Å²) >= 11 is 0. The minimum atomic E-state index is -1.52. The molecule has 0 spiro atoms. The zero-order valence-electron chi connectivity index (χ0n) is 47.9. The first-order valence-electron chi connectivity index (χ1n) is 30.3. The average molecular weight is 1040 g/mol.